The molecule has 0 aliphatic carbocycles. The Morgan fingerprint density at radius 3 is 1.47 bits per heavy atom. The molecule has 0 bridgehead atoms. The van der Waals surface area contributed by atoms with E-state index in [4.69, 9.17) is 19.9 Å². The van der Waals surface area contributed by atoms with E-state index in [1.54, 1.807) is 4.90 Å². The number of rotatable bonds is 7. The molecule has 0 fully saturated rings. The number of aliphatic hydroxyl groups excluding tert-OH is 3. The summed E-state index contributed by atoms with van der Waals surface area (Å²) in [7, 11) is 1.15. The lowest BCUT2D eigenvalue weighted by atomic mass is 10.4. The standard InChI is InChI=1S/C6H15NO3.CH4O3S/c8-4-1-7(2-5-9)3-6-10;1-4-5(2)3/h8-10H,1-6H2;1H3,(H,2,3). The van der Waals surface area contributed by atoms with Crippen LogP contribution in [-0.4, -0.2) is 75.5 Å². The normalized spacial score (nSPS) is 12.1. The van der Waals surface area contributed by atoms with E-state index in [1.807, 2.05) is 0 Å². The van der Waals surface area contributed by atoms with Gasteiger partial charge in [0, 0.05) is 19.6 Å². The van der Waals surface area contributed by atoms with Crippen molar-refractivity contribution in [1.29, 1.82) is 0 Å². The summed E-state index contributed by atoms with van der Waals surface area (Å²) in [6, 6.07) is 0. The second-order valence-electron chi connectivity index (χ2n) is 2.40. The molecule has 0 heterocycles. The highest BCUT2D eigenvalue weighted by Crippen LogP contribution is 1.84. The van der Waals surface area contributed by atoms with Gasteiger partial charge in [0.2, 0.25) is 0 Å². The van der Waals surface area contributed by atoms with E-state index in [9.17, 15) is 4.21 Å². The fraction of sp³-hybridized carbons (Fsp3) is 1.00. The molecule has 0 spiro atoms. The summed E-state index contributed by atoms with van der Waals surface area (Å²) in [5.41, 5.74) is 0. The SMILES string of the molecule is COS(=O)O.OCCN(CCO)CCO. The van der Waals surface area contributed by atoms with Crippen LogP contribution in [0.4, 0.5) is 0 Å². The van der Waals surface area contributed by atoms with E-state index in [0.717, 1.165) is 7.11 Å². The van der Waals surface area contributed by atoms with Gasteiger partial charge in [-0.15, -0.1) is 0 Å². The fourth-order valence-corrected chi connectivity index (χ4v) is 0.760. The van der Waals surface area contributed by atoms with E-state index < -0.39 is 11.4 Å². The van der Waals surface area contributed by atoms with Gasteiger partial charge in [0.05, 0.1) is 26.9 Å². The van der Waals surface area contributed by atoms with Gasteiger partial charge in [0.25, 0.3) is 0 Å². The maximum Gasteiger partial charge on any atom is 0.301 e. The lowest BCUT2D eigenvalue weighted by molar-refractivity contribution is 0.136. The zero-order chi connectivity index (χ0) is 12.1. The van der Waals surface area contributed by atoms with Crippen molar-refractivity contribution < 1.29 is 28.3 Å². The fourth-order valence-electron chi connectivity index (χ4n) is 0.760. The highest BCUT2D eigenvalue weighted by atomic mass is 32.2. The zero-order valence-electron chi connectivity index (χ0n) is 8.70. The van der Waals surface area contributed by atoms with Crippen LogP contribution < -0.4 is 0 Å². The van der Waals surface area contributed by atoms with Crippen molar-refractivity contribution >= 4 is 11.4 Å². The Balaban J connectivity index is 0. The molecule has 0 aromatic heterocycles. The van der Waals surface area contributed by atoms with Crippen LogP contribution in [0.3, 0.4) is 0 Å². The van der Waals surface area contributed by atoms with Crippen LogP contribution >= 0.6 is 0 Å². The zero-order valence-corrected chi connectivity index (χ0v) is 9.52. The molecule has 1 unspecified atom stereocenters. The van der Waals surface area contributed by atoms with Crippen LogP contribution in [0, 0.1) is 0 Å². The Morgan fingerprint density at radius 2 is 1.33 bits per heavy atom. The van der Waals surface area contributed by atoms with Gasteiger partial charge >= 0.3 is 11.4 Å². The Labute approximate surface area is 91.8 Å². The van der Waals surface area contributed by atoms with Crippen LogP contribution in [0.5, 0.6) is 0 Å². The maximum absolute atomic E-state index is 9.26. The van der Waals surface area contributed by atoms with Gasteiger partial charge in [-0.3, -0.25) is 13.6 Å². The minimum absolute atomic E-state index is 0.0694. The largest absolute Gasteiger partial charge is 0.395 e. The Kier molecular flexibility index (Phi) is 16.1. The smallest absolute Gasteiger partial charge is 0.301 e. The predicted octanol–water partition coefficient (Wildman–Crippen LogP) is -1.97. The Morgan fingerprint density at radius 1 is 1.07 bits per heavy atom. The van der Waals surface area contributed by atoms with Crippen molar-refractivity contribution in [2.75, 3.05) is 46.6 Å². The lowest BCUT2D eigenvalue weighted by Crippen LogP contribution is -2.32. The van der Waals surface area contributed by atoms with Crippen molar-refractivity contribution in [1.82, 2.24) is 4.90 Å². The summed E-state index contributed by atoms with van der Waals surface area (Å²) in [5, 5.41) is 25.5. The van der Waals surface area contributed by atoms with Crippen LogP contribution in [0.15, 0.2) is 0 Å². The third-order valence-electron chi connectivity index (χ3n) is 1.39. The maximum atomic E-state index is 9.26. The van der Waals surface area contributed by atoms with E-state index in [1.165, 1.54) is 0 Å². The van der Waals surface area contributed by atoms with E-state index >= 15 is 0 Å². The van der Waals surface area contributed by atoms with Crippen molar-refractivity contribution in [2.24, 2.45) is 0 Å². The number of aliphatic hydroxyl groups is 3. The second kappa shape index (κ2) is 13.9. The third kappa shape index (κ3) is 16.6. The monoisotopic (exact) mass is 245 g/mol. The van der Waals surface area contributed by atoms with E-state index in [2.05, 4.69) is 4.18 Å². The molecule has 0 aromatic rings. The molecule has 94 valence electrons. The molecule has 1 atom stereocenters. The minimum Gasteiger partial charge on any atom is -0.395 e. The molecular formula is C7H19NO6S. The first-order valence-electron chi connectivity index (χ1n) is 4.32. The van der Waals surface area contributed by atoms with Crippen molar-refractivity contribution in [3.05, 3.63) is 0 Å². The average Bonchev–Trinajstić information content (AvgIpc) is 2.20. The molecule has 7 nitrogen and oxygen atoms in total. The molecule has 0 aliphatic rings. The van der Waals surface area contributed by atoms with Gasteiger partial charge in [0.1, 0.15) is 0 Å². The average molecular weight is 245 g/mol. The van der Waals surface area contributed by atoms with Crippen LogP contribution in [-0.2, 0) is 15.5 Å². The summed E-state index contributed by atoms with van der Waals surface area (Å²) in [5.74, 6) is 0. The molecule has 0 saturated heterocycles. The highest BCUT2D eigenvalue weighted by molar-refractivity contribution is 7.74. The third-order valence-corrected chi connectivity index (χ3v) is 1.68. The Hall–Kier alpha value is -0.0900. The van der Waals surface area contributed by atoms with Gasteiger partial charge < -0.3 is 15.3 Å². The first-order chi connectivity index (χ1) is 7.12. The molecule has 0 aliphatic heterocycles. The topological polar surface area (TPSA) is 110 Å². The molecule has 8 heteroatoms. The quantitative estimate of drug-likeness (QED) is 0.385. The van der Waals surface area contributed by atoms with Gasteiger partial charge in [-0.05, 0) is 0 Å². The number of hydrogen-bond acceptors (Lipinski definition) is 6. The van der Waals surface area contributed by atoms with Crippen molar-refractivity contribution in [2.45, 2.75) is 0 Å². The van der Waals surface area contributed by atoms with Gasteiger partial charge in [-0.25, -0.2) is 0 Å². The van der Waals surface area contributed by atoms with Crippen molar-refractivity contribution in [3.63, 3.8) is 0 Å². The van der Waals surface area contributed by atoms with Gasteiger partial charge in [-0.2, -0.15) is 4.21 Å². The molecular weight excluding hydrogens is 226 g/mol. The Bertz CT molecular complexity index is 133. The molecule has 0 aromatic carbocycles. The van der Waals surface area contributed by atoms with Crippen LogP contribution in [0.2, 0.25) is 0 Å². The van der Waals surface area contributed by atoms with Gasteiger partial charge in [0.15, 0.2) is 0 Å². The first kappa shape index (κ1) is 17.3. The molecule has 0 radical (unpaired) electrons. The summed E-state index contributed by atoms with van der Waals surface area (Å²) in [4.78, 5) is 1.79. The number of hydrogen-bond donors (Lipinski definition) is 4. The number of nitrogens with zero attached hydrogens (tertiary/aromatic N) is 1. The highest BCUT2D eigenvalue weighted by Gasteiger charge is 2.00. The van der Waals surface area contributed by atoms with Crippen molar-refractivity contribution in [3.8, 4) is 0 Å². The van der Waals surface area contributed by atoms with Crippen LogP contribution in [0.25, 0.3) is 0 Å². The second-order valence-corrected chi connectivity index (χ2v) is 3.16. The summed E-state index contributed by atoms with van der Waals surface area (Å²) < 4.78 is 20.6. The summed E-state index contributed by atoms with van der Waals surface area (Å²) >= 11 is -2.07. The molecule has 0 rings (SSSR count). The lowest BCUT2D eigenvalue weighted by Gasteiger charge is -2.17. The molecule has 0 amide bonds. The summed E-state index contributed by atoms with van der Waals surface area (Å²) in [6.07, 6.45) is 0. The first-order valence-corrected chi connectivity index (χ1v) is 5.35. The molecule has 15 heavy (non-hydrogen) atoms. The predicted molar refractivity (Wildman–Crippen MR) is 55.5 cm³/mol. The van der Waals surface area contributed by atoms with E-state index in [0.29, 0.717) is 19.6 Å². The molecule has 0 saturated carbocycles. The van der Waals surface area contributed by atoms with Crippen LogP contribution in [0.1, 0.15) is 0 Å². The van der Waals surface area contributed by atoms with Gasteiger partial charge in [-0.1, -0.05) is 0 Å². The molecule has 4 N–H and O–H groups in total. The summed E-state index contributed by atoms with van der Waals surface area (Å²) in [6.45, 7) is 1.75. The minimum atomic E-state index is -2.07. The van der Waals surface area contributed by atoms with E-state index in [-0.39, 0.29) is 19.8 Å².